The molecule has 1 rings (SSSR count). The van der Waals surface area contributed by atoms with E-state index in [4.69, 9.17) is 15.1 Å². The van der Waals surface area contributed by atoms with Crippen LogP contribution in [0.5, 0.6) is 0 Å². The Morgan fingerprint density at radius 2 is 2.36 bits per heavy atom. The summed E-state index contributed by atoms with van der Waals surface area (Å²) in [4.78, 5) is 10.5. The minimum atomic E-state index is -1.55. The summed E-state index contributed by atoms with van der Waals surface area (Å²) < 4.78 is 4.82. The van der Waals surface area contributed by atoms with Crippen molar-refractivity contribution in [2.24, 2.45) is 5.92 Å². The van der Waals surface area contributed by atoms with Crippen molar-refractivity contribution < 1.29 is 14.6 Å². The molecule has 11 heavy (non-hydrogen) atoms. The van der Waals surface area contributed by atoms with Gasteiger partial charge in [0.1, 0.15) is 12.2 Å². The molecule has 4 heteroatoms. The quantitative estimate of drug-likeness (QED) is 0.585. The SMILES string of the molecule is CC(C)[C@@H]1O[C@@]1(C#N)C(=O)O. The van der Waals surface area contributed by atoms with Gasteiger partial charge in [-0.2, -0.15) is 5.26 Å². The number of hydrogen-bond donors (Lipinski definition) is 1. The Morgan fingerprint density at radius 1 is 1.82 bits per heavy atom. The summed E-state index contributed by atoms with van der Waals surface area (Å²) in [6.07, 6.45) is -0.440. The van der Waals surface area contributed by atoms with Crippen molar-refractivity contribution in [1.82, 2.24) is 0 Å². The molecule has 0 aromatic rings. The highest BCUT2D eigenvalue weighted by atomic mass is 16.6. The number of nitriles is 1. The molecule has 2 atom stereocenters. The fourth-order valence-electron chi connectivity index (χ4n) is 1.08. The van der Waals surface area contributed by atoms with E-state index in [1.807, 2.05) is 13.8 Å². The van der Waals surface area contributed by atoms with Crippen molar-refractivity contribution in [3.63, 3.8) is 0 Å². The molecular weight excluding hydrogens is 146 g/mol. The molecule has 0 saturated carbocycles. The van der Waals surface area contributed by atoms with Crippen LogP contribution >= 0.6 is 0 Å². The van der Waals surface area contributed by atoms with Gasteiger partial charge in [-0.05, 0) is 5.92 Å². The Morgan fingerprint density at radius 3 is 2.45 bits per heavy atom. The topological polar surface area (TPSA) is 73.6 Å². The largest absolute Gasteiger partial charge is 0.478 e. The molecule has 1 N–H and O–H groups in total. The maximum Gasteiger partial charge on any atom is 0.353 e. The fraction of sp³-hybridized carbons (Fsp3) is 0.714. The smallest absolute Gasteiger partial charge is 0.353 e. The van der Waals surface area contributed by atoms with E-state index in [9.17, 15) is 4.79 Å². The average Bonchev–Trinajstić information content (AvgIpc) is 2.62. The van der Waals surface area contributed by atoms with Crippen LogP contribution in [0.4, 0.5) is 0 Å². The van der Waals surface area contributed by atoms with Crippen molar-refractivity contribution in [2.45, 2.75) is 25.6 Å². The van der Waals surface area contributed by atoms with Gasteiger partial charge >= 0.3 is 5.97 Å². The minimum absolute atomic E-state index is 0.0748. The minimum Gasteiger partial charge on any atom is -0.478 e. The van der Waals surface area contributed by atoms with Crippen molar-refractivity contribution in [3.05, 3.63) is 0 Å². The predicted molar refractivity (Wildman–Crippen MR) is 35.7 cm³/mol. The zero-order valence-corrected chi connectivity index (χ0v) is 6.37. The molecule has 0 unspecified atom stereocenters. The molecule has 0 bridgehead atoms. The van der Waals surface area contributed by atoms with Crippen molar-refractivity contribution in [3.8, 4) is 6.07 Å². The Labute approximate surface area is 64.4 Å². The molecule has 0 aromatic carbocycles. The van der Waals surface area contributed by atoms with Gasteiger partial charge in [-0.15, -0.1) is 0 Å². The first-order valence-electron chi connectivity index (χ1n) is 3.37. The van der Waals surface area contributed by atoms with Gasteiger partial charge in [-0.3, -0.25) is 0 Å². The molecule has 1 aliphatic rings. The third kappa shape index (κ3) is 0.976. The van der Waals surface area contributed by atoms with Gasteiger partial charge < -0.3 is 9.84 Å². The number of aliphatic carboxylic acids is 1. The summed E-state index contributed by atoms with van der Waals surface area (Å²) in [6.45, 7) is 3.65. The zero-order chi connectivity index (χ0) is 8.65. The molecule has 0 amide bonds. The average molecular weight is 155 g/mol. The molecular formula is C7H9NO3. The highest BCUT2D eigenvalue weighted by Gasteiger charge is 2.65. The van der Waals surface area contributed by atoms with Gasteiger partial charge in [0.05, 0.1) is 0 Å². The summed E-state index contributed by atoms with van der Waals surface area (Å²) in [5.74, 6) is -1.11. The molecule has 0 aromatic heterocycles. The third-order valence-electron chi connectivity index (χ3n) is 1.75. The van der Waals surface area contributed by atoms with E-state index in [1.54, 1.807) is 6.07 Å². The number of rotatable bonds is 2. The maximum atomic E-state index is 10.5. The summed E-state index contributed by atoms with van der Waals surface area (Å²) in [7, 11) is 0. The second kappa shape index (κ2) is 2.21. The van der Waals surface area contributed by atoms with Crippen LogP contribution < -0.4 is 0 Å². The van der Waals surface area contributed by atoms with Gasteiger partial charge in [0.2, 0.25) is 0 Å². The van der Waals surface area contributed by atoms with Crippen LogP contribution in [0.2, 0.25) is 0 Å². The van der Waals surface area contributed by atoms with Crippen LogP contribution in [-0.4, -0.2) is 22.8 Å². The lowest BCUT2D eigenvalue weighted by atomic mass is 9.99. The van der Waals surface area contributed by atoms with E-state index in [0.717, 1.165) is 0 Å². The summed E-state index contributed by atoms with van der Waals surface area (Å²) in [6, 6.07) is 1.66. The van der Waals surface area contributed by atoms with Crippen molar-refractivity contribution >= 4 is 5.97 Å². The fourth-order valence-corrected chi connectivity index (χ4v) is 1.08. The van der Waals surface area contributed by atoms with Gasteiger partial charge in [0.15, 0.2) is 0 Å². The number of hydrogen-bond acceptors (Lipinski definition) is 3. The van der Waals surface area contributed by atoms with Crippen LogP contribution in [0, 0.1) is 17.2 Å². The van der Waals surface area contributed by atoms with E-state index in [2.05, 4.69) is 0 Å². The first-order valence-corrected chi connectivity index (χ1v) is 3.37. The van der Waals surface area contributed by atoms with Crippen LogP contribution in [0.3, 0.4) is 0 Å². The van der Waals surface area contributed by atoms with E-state index in [0.29, 0.717) is 0 Å². The third-order valence-corrected chi connectivity index (χ3v) is 1.75. The lowest BCUT2D eigenvalue weighted by Gasteiger charge is -1.97. The summed E-state index contributed by atoms with van der Waals surface area (Å²) >= 11 is 0. The second-order valence-electron chi connectivity index (χ2n) is 2.94. The Kier molecular flexibility index (Phi) is 1.61. The highest BCUT2D eigenvalue weighted by molar-refractivity contribution is 5.85. The first-order chi connectivity index (χ1) is 5.04. The number of ether oxygens (including phenoxy) is 1. The normalized spacial score (nSPS) is 34.9. The van der Waals surface area contributed by atoms with E-state index in [-0.39, 0.29) is 5.92 Å². The van der Waals surface area contributed by atoms with Gasteiger partial charge in [-0.1, -0.05) is 13.8 Å². The van der Waals surface area contributed by atoms with Gasteiger partial charge in [0, 0.05) is 0 Å². The zero-order valence-electron chi connectivity index (χ0n) is 6.37. The van der Waals surface area contributed by atoms with E-state index < -0.39 is 17.7 Å². The Balaban J connectivity index is 2.74. The van der Waals surface area contributed by atoms with Crippen LogP contribution in [0.15, 0.2) is 0 Å². The molecule has 1 fully saturated rings. The maximum absolute atomic E-state index is 10.5. The predicted octanol–water partition coefficient (Wildman–Crippen LogP) is 0.388. The molecule has 1 saturated heterocycles. The first kappa shape index (κ1) is 8.02. The molecule has 0 radical (unpaired) electrons. The molecule has 60 valence electrons. The van der Waals surface area contributed by atoms with E-state index >= 15 is 0 Å². The lowest BCUT2D eigenvalue weighted by Crippen LogP contribution is -2.26. The number of epoxide rings is 1. The van der Waals surface area contributed by atoms with Crippen LogP contribution in [0.1, 0.15) is 13.8 Å². The van der Waals surface area contributed by atoms with Gasteiger partial charge in [0.25, 0.3) is 5.60 Å². The standard InChI is InChI=1S/C7H9NO3/c1-4(2)5-7(3-8,11-5)6(9)10/h4-5H,1-2H3,(H,9,10)/t5-,7+/m0/s1. The van der Waals surface area contributed by atoms with E-state index in [1.165, 1.54) is 0 Å². The number of carbonyl (C=O) groups is 1. The highest BCUT2D eigenvalue weighted by Crippen LogP contribution is 2.40. The monoisotopic (exact) mass is 155 g/mol. The van der Waals surface area contributed by atoms with Crippen LogP contribution in [0.25, 0.3) is 0 Å². The van der Waals surface area contributed by atoms with Gasteiger partial charge in [-0.25, -0.2) is 4.79 Å². The molecule has 1 heterocycles. The molecule has 4 nitrogen and oxygen atoms in total. The van der Waals surface area contributed by atoms with Crippen LogP contribution in [-0.2, 0) is 9.53 Å². The number of carboxylic acids is 1. The summed E-state index contributed by atoms with van der Waals surface area (Å²) in [5.41, 5.74) is -1.55. The Bertz CT molecular complexity index is 230. The molecule has 0 spiro atoms. The van der Waals surface area contributed by atoms with Crippen molar-refractivity contribution in [1.29, 1.82) is 5.26 Å². The molecule has 1 aliphatic heterocycles. The molecule has 0 aliphatic carbocycles. The second-order valence-corrected chi connectivity index (χ2v) is 2.94. The number of nitrogens with zero attached hydrogens (tertiary/aromatic N) is 1. The van der Waals surface area contributed by atoms with Crippen molar-refractivity contribution in [2.75, 3.05) is 0 Å². The number of carboxylic acid groups (broad SMARTS) is 1. The Hall–Kier alpha value is -1.08. The summed E-state index contributed by atoms with van der Waals surface area (Å²) in [5, 5.41) is 17.1. The lowest BCUT2D eigenvalue weighted by molar-refractivity contribution is -0.141.